The Morgan fingerprint density at radius 1 is 1.47 bits per heavy atom. The van der Waals surface area contributed by atoms with Gasteiger partial charge in [0.15, 0.2) is 9.84 Å². The maximum atomic E-state index is 11.4. The third-order valence-corrected chi connectivity index (χ3v) is 5.93. The van der Waals surface area contributed by atoms with Gasteiger partial charge in [-0.05, 0) is 28.8 Å². The minimum atomic E-state index is -2.92. The van der Waals surface area contributed by atoms with Crippen molar-refractivity contribution in [2.24, 2.45) is 0 Å². The van der Waals surface area contributed by atoms with Crippen molar-refractivity contribution in [3.05, 3.63) is 21.1 Å². The van der Waals surface area contributed by atoms with Gasteiger partial charge in [0.2, 0.25) is 0 Å². The molecule has 1 unspecified atom stereocenters. The Balaban J connectivity index is 2.37. The Morgan fingerprint density at radius 3 is 2.71 bits per heavy atom. The molecule has 1 aromatic heterocycles. The second kappa shape index (κ2) is 4.82. The van der Waals surface area contributed by atoms with Gasteiger partial charge in [-0.15, -0.1) is 0 Å². The first kappa shape index (κ1) is 13.2. The molecule has 0 aliphatic carbocycles. The predicted octanol–water partition coefficient (Wildman–Crippen LogP) is 2.36. The second-order valence-corrected chi connectivity index (χ2v) is 7.47. The fourth-order valence-electron chi connectivity index (χ4n) is 1.90. The molecule has 0 bridgehead atoms. The van der Waals surface area contributed by atoms with Crippen LogP contribution in [-0.2, 0) is 16.3 Å². The van der Waals surface area contributed by atoms with Crippen LogP contribution in [0.4, 0.5) is 0 Å². The van der Waals surface area contributed by atoms with E-state index in [4.69, 9.17) is 11.6 Å². The molecule has 0 N–H and O–H groups in total. The molecule has 0 saturated carbocycles. The molecular formula is C10H12BrClN2O2S. The number of aryl methyl sites for hydroxylation is 1. The Bertz CT molecular complexity index is 547. The van der Waals surface area contributed by atoms with Crippen LogP contribution in [-0.4, -0.2) is 29.9 Å². The molecular weight excluding hydrogens is 328 g/mol. The van der Waals surface area contributed by atoms with E-state index >= 15 is 0 Å². The zero-order chi connectivity index (χ0) is 12.6. The number of halogens is 2. The first-order valence-corrected chi connectivity index (χ1v) is 8.34. The first-order valence-electron chi connectivity index (χ1n) is 5.35. The summed E-state index contributed by atoms with van der Waals surface area (Å²) in [5.41, 5.74) is 0.823. The van der Waals surface area contributed by atoms with E-state index in [1.165, 1.54) is 0 Å². The van der Waals surface area contributed by atoms with Crippen molar-refractivity contribution in [3.8, 4) is 0 Å². The highest BCUT2D eigenvalue weighted by molar-refractivity contribution is 9.10. The second-order valence-electron chi connectivity index (χ2n) is 4.09. The molecule has 0 radical (unpaired) electrons. The van der Waals surface area contributed by atoms with Gasteiger partial charge in [0, 0.05) is 5.92 Å². The van der Waals surface area contributed by atoms with E-state index in [-0.39, 0.29) is 17.4 Å². The van der Waals surface area contributed by atoms with Crippen LogP contribution in [0.1, 0.15) is 30.8 Å². The number of sulfone groups is 1. The molecule has 1 saturated heterocycles. The molecule has 17 heavy (non-hydrogen) atoms. The maximum absolute atomic E-state index is 11.4. The van der Waals surface area contributed by atoms with Gasteiger partial charge < -0.3 is 0 Å². The van der Waals surface area contributed by atoms with Crippen molar-refractivity contribution in [1.29, 1.82) is 0 Å². The molecule has 0 amide bonds. The van der Waals surface area contributed by atoms with E-state index in [1.807, 2.05) is 6.92 Å². The van der Waals surface area contributed by atoms with E-state index in [0.29, 0.717) is 21.9 Å². The lowest BCUT2D eigenvalue weighted by Gasteiger charge is -2.10. The molecule has 7 heteroatoms. The molecule has 1 aliphatic rings. The molecule has 0 spiro atoms. The van der Waals surface area contributed by atoms with Gasteiger partial charge >= 0.3 is 0 Å². The Kier molecular flexibility index (Phi) is 3.75. The third kappa shape index (κ3) is 2.80. The summed E-state index contributed by atoms with van der Waals surface area (Å²) in [7, 11) is -2.92. The summed E-state index contributed by atoms with van der Waals surface area (Å²) in [4.78, 5) is 8.56. The van der Waals surface area contributed by atoms with Crippen LogP contribution in [0.5, 0.6) is 0 Å². The van der Waals surface area contributed by atoms with Crippen LogP contribution in [0.25, 0.3) is 0 Å². The molecule has 1 fully saturated rings. The fourth-order valence-corrected chi connectivity index (χ4v) is 4.29. The Hall–Kier alpha value is -0.200. The highest BCUT2D eigenvalue weighted by Crippen LogP contribution is 2.30. The molecule has 2 rings (SSSR count). The lowest BCUT2D eigenvalue weighted by Crippen LogP contribution is -2.09. The Morgan fingerprint density at radius 2 is 2.18 bits per heavy atom. The van der Waals surface area contributed by atoms with Crippen LogP contribution < -0.4 is 0 Å². The van der Waals surface area contributed by atoms with Crippen molar-refractivity contribution in [2.45, 2.75) is 25.7 Å². The molecule has 1 atom stereocenters. The van der Waals surface area contributed by atoms with Gasteiger partial charge in [0.05, 0.1) is 21.7 Å². The SMILES string of the molecule is CCc1nc(C2CCS(=O)(=O)C2)nc(Cl)c1Br. The summed E-state index contributed by atoms with van der Waals surface area (Å²) in [6, 6.07) is 0. The quantitative estimate of drug-likeness (QED) is 0.776. The highest BCUT2D eigenvalue weighted by Gasteiger charge is 2.31. The van der Waals surface area contributed by atoms with E-state index in [0.717, 1.165) is 12.1 Å². The normalized spacial score (nSPS) is 22.9. The number of aromatic nitrogens is 2. The van der Waals surface area contributed by atoms with Gasteiger partial charge in [-0.1, -0.05) is 18.5 Å². The molecule has 1 aromatic rings. The molecule has 4 nitrogen and oxygen atoms in total. The lowest BCUT2D eigenvalue weighted by molar-refractivity contribution is 0.601. The minimum Gasteiger partial charge on any atom is -0.236 e. The molecule has 0 aromatic carbocycles. The monoisotopic (exact) mass is 338 g/mol. The van der Waals surface area contributed by atoms with Gasteiger partial charge in [0.1, 0.15) is 11.0 Å². The maximum Gasteiger partial charge on any atom is 0.151 e. The van der Waals surface area contributed by atoms with Crippen molar-refractivity contribution in [2.75, 3.05) is 11.5 Å². The van der Waals surface area contributed by atoms with Crippen LogP contribution in [0, 0.1) is 0 Å². The smallest absolute Gasteiger partial charge is 0.151 e. The van der Waals surface area contributed by atoms with Gasteiger partial charge in [-0.3, -0.25) is 0 Å². The van der Waals surface area contributed by atoms with Crippen molar-refractivity contribution < 1.29 is 8.42 Å². The largest absolute Gasteiger partial charge is 0.236 e. The predicted molar refractivity (Wildman–Crippen MR) is 70.1 cm³/mol. The highest BCUT2D eigenvalue weighted by atomic mass is 79.9. The van der Waals surface area contributed by atoms with Crippen molar-refractivity contribution in [1.82, 2.24) is 9.97 Å². The van der Waals surface area contributed by atoms with Gasteiger partial charge in [-0.25, -0.2) is 18.4 Å². The molecule has 1 aliphatic heterocycles. The van der Waals surface area contributed by atoms with E-state index < -0.39 is 9.84 Å². The molecule has 2 heterocycles. The summed E-state index contributed by atoms with van der Waals surface area (Å²) in [6.07, 6.45) is 1.32. The van der Waals surface area contributed by atoms with Gasteiger partial charge in [0.25, 0.3) is 0 Å². The topological polar surface area (TPSA) is 59.9 Å². The Labute approximate surface area is 114 Å². The van der Waals surface area contributed by atoms with Crippen LogP contribution >= 0.6 is 27.5 Å². The lowest BCUT2D eigenvalue weighted by atomic mass is 10.1. The number of hydrogen-bond donors (Lipinski definition) is 0. The van der Waals surface area contributed by atoms with Crippen molar-refractivity contribution >= 4 is 37.4 Å². The van der Waals surface area contributed by atoms with E-state index in [2.05, 4.69) is 25.9 Å². The number of nitrogens with zero attached hydrogens (tertiary/aromatic N) is 2. The summed E-state index contributed by atoms with van der Waals surface area (Å²) >= 11 is 9.33. The van der Waals surface area contributed by atoms with Crippen LogP contribution in [0.2, 0.25) is 5.15 Å². The summed E-state index contributed by atoms with van der Waals surface area (Å²) in [6.45, 7) is 1.97. The van der Waals surface area contributed by atoms with E-state index in [9.17, 15) is 8.42 Å². The van der Waals surface area contributed by atoms with Crippen LogP contribution in [0.15, 0.2) is 4.47 Å². The van der Waals surface area contributed by atoms with Crippen molar-refractivity contribution in [3.63, 3.8) is 0 Å². The van der Waals surface area contributed by atoms with E-state index in [1.54, 1.807) is 0 Å². The third-order valence-electron chi connectivity index (χ3n) is 2.83. The summed E-state index contributed by atoms with van der Waals surface area (Å²) < 4.78 is 23.5. The summed E-state index contributed by atoms with van der Waals surface area (Å²) in [5.74, 6) is 0.789. The average Bonchev–Trinajstić information content (AvgIpc) is 2.62. The average molecular weight is 340 g/mol. The standard InChI is InChI=1S/C10H12BrClN2O2S/c1-2-7-8(11)9(12)14-10(13-7)6-3-4-17(15,16)5-6/h6H,2-5H2,1H3. The van der Waals surface area contributed by atoms with Crippen LogP contribution in [0.3, 0.4) is 0 Å². The fraction of sp³-hybridized carbons (Fsp3) is 0.600. The zero-order valence-corrected chi connectivity index (χ0v) is 12.4. The zero-order valence-electron chi connectivity index (χ0n) is 9.28. The molecule has 94 valence electrons. The van der Waals surface area contributed by atoms with Gasteiger partial charge in [-0.2, -0.15) is 0 Å². The summed E-state index contributed by atoms with van der Waals surface area (Å²) in [5, 5.41) is 0.358. The minimum absolute atomic E-state index is 0.115. The first-order chi connectivity index (χ1) is 7.93. The number of rotatable bonds is 2. The number of hydrogen-bond acceptors (Lipinski definition) is 4.